The maximum Gasteiger partial charge on any atom is 0.249 e. The van der Waals surface area contributed by atoms with Crippen LogP contribution < -0.4 is 10.6 Å². The fourth-order valence-corrected chi connectivity index (χ4v) is 3.32. The van der Waals surface area contributed by atoms with E-state index in [-0.39, 0.29) is 36.4 Å². The van der Waals surface area contributed by atoms with Crippen molar-refractivity contribution in [2.45, 2.75) is 44.4 Å². The van der Waals surface area contributed by atoms with Gasteiger partial charge in [-0.3, -0.25) is 9.59 Å². The van der Waals surface area contributed by atoms with E-state index in [4.69, 9.17) is 4.74 Å². The first kappa shape index (κ1) is 19.1. The predicted octanol–water partition coefficient (Wildman–Crippen LogP) is 2.97. The number of nitrogens with one attached hydrogen (secondary N) is 2. The van der Waals surface area contributed by atoms with Crippen LogP contribution in [0.2, 0.25) is 0 Å². The summed E-state index contributed by atoms with van der Waals surface area (Å²) in [6, 6.07) is 19.3. The summed E-state index contributed by atoms with van der Waals surface area (Å²) in [7, 11) is 0. The topological polar surface area (TPSA) is 67.4 Å². The van der Waals surface area contributed by atoms with E-state index in [9.17, 15) is 9.59 Å². The molecule has 1 aliphatic rings. The number of benzene rings is 2. The summed E-state index contributed by atoms with van der Waals surface area (Å²) >= 11 is 0. The summed E-state index contributed by atoms with van der Waals surface area (Å²) in [6.07, 6.45) is 1.49. The number of carbonyl (C=O) groups excluding carboxylic acids is 2. The smallest absolute Gasteiger partial charge is 0.249 e. The third-order valence-corrected chi connectivity index (χ3v) is 4.67. The minimum absolute atomic E-state index is 0.104. The molecule has 2 aromatic rings. The van der Waals surface area contributed by atoms with Gasteiger partial charge in [0.05, 0.1) is 6.04 Å². The lowest BCUT2D eigenvalue weighted by Crippen LogP contribution is -2.42. The summed E-state index contributed by atoms with van der Waals surface area (Å²) in [5, 5.41) is 5.98. The molecular weight excluding hydrogens is 340 g/mol. The summed E-state index contributed by atoms with van der Waals surface area (Å²) in [5.41, 5.74) is 2.04. The number of amides is 2. The third-order valence-electron chi connectivity index (χ3n) is 4.67. The molecule has 0 bridgehead atoms. The van der Waals surface area contributed by atoms with Gasteiger partial charge in [-0.2, -0.15) is 0 Å². The molecular formula is C22H26N2O3. The molecule has 0 saturated carbocycles. The second-order valence-electron chi connectivity index (χ2n) is 6.94. The molecule has 3 rings (SSSR count). The van der Waals surface area contributed by atoms with Gasteiger partial charge >= 0.3 is 0 Å². The van der Waals surface area contributed by atoms with Gasteiger partial charge in [-0.25, -0.2) is 0 Å². The minimum atomic E-state index is -0.378. The Kier molecular flexibility index (Phi) is 6.60. The zero-order chi connectivity index (χ0) is 19.1. The zero-order valence-corrected chi connectivity index (χ0v) is 15.6. The molecule has 1 aliphatic heterocycles. The van der Waals surface area contributed by atoms with Crippen molar-refractivity contribution in [3.63, 3.8) is 0 Å². The fourth-order valence-electron chi connectivity index (χ4n) is 3.32. The van der Waals surface area contributed by atoms with Crippen molar-refractivity contribution in [2.75, 3.05) is 6.61 Å². The molecule has 2 amide bonds. The number of hydrogen-bond acceptors (Lipinski definition) is 3. The second kappa shape index (κ2) is 9.33. The van der Waals surface area contributed by atoms with E-state index in [1.807, 2.05) is 67.6 Å². The van der Waals surface area contributed by atoms with Crippen LogP contribution in [-0.4, -0.2) is 30.6 Å². The molecule has 142 valence electrons. The molecule has 5 heteroatoms. The van der Waals surface area contributed by atoms with Crippen LogP contribution in [0.25, 0.3) is 0 Å². The van der Waals surface area contributed by atoms with Gasteiger partial charge in [0.2, 0.25) is 11.8 Å². The van der Waals surface area contributed by atoms with Gasteiger partial charge in [-0.15, -0.1) is 0 Å². The Bertz CT molecular complexity index is 703. The van der Waals surface area contributed by atoms with Crippen molar-refractivity contribution in [3.05, 3.63) is 71.8 Å². The highest BCUT2D eigenvalue weighted by Crippen LogP contribution is 2.22. The molecule has 1 fully saturated rings. The van der Waals surface area contributed by atoms with E-state index in [2.05, 4.69) is 10.6 Å². The lowest BCUT2D eigenvalue weighted by molar-refractivity contribution is -0.131. The van der Waals surface area contributed by atoms with Crippen LogP contribution in [0.5, 0.6) is 0 Å². The maximum atomic E-state index is 12.6. The molecule has 5 nitrogen and oxygen atoms in total. The van der Waals surface area contributed by atoms with Gasteiger partial charge in [0, 0.05) is 19.1 Å². The van der Waals surface area contributed by atoms with Gasteiger partial charge < -0.3 is 15.4 Å². The highest BCUT2D eigenvalue weighted by molar-refractivity contribution is 5.83. The summed E-state index contributed by atoms with van der Waals surface area (Å²) < 4.78 is 5.39. The van der Waals surface area contributed by atoms with Crippen LogP contribution in [0.1, 0.15) is 43.4 Å². The van der Waals surface area contributed by atoms with Crippen molar-refractivity contribution in [3.8, 4) is 0 Å². The van der Waals surface area contributed by atoms with Crippen LogP contribution >= 0.6 is 0 Å². The van der Waals surface area contributed by atoms with Gasteiger partial charge in [0.25, 0.3) is 0 Å². The largest absolute Gasteiger partial charge is 0.368 e. The lowest BCUT2D eigenvalue weighted by atomic mass is 9.98. The van der Waals surface area contributed by atoms with Crippen molar-refractivity contribution >= 4 is 11.8 Å². The summed E-state index contributed by atoms with van der Waals surface area (Å²) in [6.45, 7) is 2.47. The number of hydrogen-bond donors (Lipinski definition) is 2. The van der Waals surface area contributed by atoms with E-state index in [1.54, 1.807) is 0 Å². The molecule has 0 radical (unpaired) electrons. The average Bonchev–Trinajstić information content (AvgIpc) is 3.22. The second-order valence-corrected chi connectivity index (χ2v) is 6.94. The van der Waals surface area contributed by atoms with Gasteiger partial charge in [0.1, 0.15) is 6.10 Å². The fraction of sp³-hybridized carbons (Fsp3) is 0.364. The highest BCUT2D eigenvalue weighted by Gasteiger charge is 2.25. The van der Waals surface area contributed by atoms with E-state index >= 15 is 0 Å². The Hall–Kier alpha value is -2.66. The van der Waals surface area contributed by atoms with Gasteiger partial charge in [-0.05, 0) is 30.9 Å². The number of carbonyl (C=O) groups is 2. The van der Waals surface area contributed by atoms with Gasteiger partial charge in [-0.1, -0.05) is 60.7 Å². The molecule has 2 atom stereocenters. The zero-order valence-electron chi connectivity index (χ0n) is 15.6. The molecule has 1 saturated heterocycles. The van der Waals surface area contributed by atoms with Gasteiger partial charge in [0.15, 0.2) is 0 Å². The third kappa shape index (κ3) is 5.41. The molecule has 0 aliphatic carbocycles. The molecule has 2 aromatic carbocycles. The Labute approximate surface area is 160 Å². The first-order valence-electron chi connectivity index (χ1n) is 9.44. The first-order chi connectivity index (χ1) is 13.1. The van der Waals surface area contributed by atoms with Crippen molar-refractivity contribution in [1.29, 1.82) is 0 Å². The van der Waals surface area contributed by atoms with Crippen molar-refractivity contribution in [1.82, 2.24) is 10.6 Å². The quantitative estimate of drug-likeness (QED) is 0.792. The summed E-state index contributed by atoms with van der Waals surface area (Å²) in [4.78, 5) is 24.8. The molecule has 1 heterocycles. The molecule has 2 unspecified atom stereocenters. The standard InChI is InChI=1S/C22H26N2O3/c1-16(23-22(26)19-13-8-14-27-19)15-20(25)24-21(17-9-4-2-5-10-17)18-11-6-3-7-12-18/h2-7,9-12,16,19,21H,8,13-15H2,1H3,(H,23,26)(H,24,25). The van der Waals surface area contributed by atoms with E-state index in [1.165, 1.54) is 0 Å². The monoisotopic (exact) mass is 366 g/mol. The van der Waals surface area contributed by atoms with E-state index in [0.29, 0.717) is 6.61 Å². The van der Waals surface area contributed by atoms with Crippen LogP contribution in [0, 0.1) is 0 Å². The normalized spacial score (nSPS) is 17.5. The highest BCUT2D eigenvalue weighted by atomic mass is 16.5. The van der Waals surface area contributed by atoms with Crippen LogP contribution in [0.3, 0.4) is 0 Å². The van der Waals surface area contributed by atoms with E-state index < -0.39 is 0 Å². The Balaban J connectivity index is 1.61. The Morgan fingerprint density at radius 1 is 1.00 bits per heavy atom. The predicted molar refractivity (Wildman–Crippen MR) is 104 cm³/mol. The average molecular weight is 366 g/mol. The number of rotatable bonds is 7. The van der Waals surface area contributed by atoms with E-state index in [0.717, 1.165) is 24.0 Å². The van der Waals surface area contributed by atoms with Crippen molar-refractivity contribution in [2.24, 2.45) is 0 Å². The minimum Gasteiger partial charge on any atom is -0.368 e. The first-order valence-corrected chi connectivity index (χ1v) is 9.44. The SMILES string of the molecule is CC(CC(=O)NC(c1ccccc1)c1ccccc1)NC(=O)C1CCCO1. The number of ether oxygens (including phenoxy) is 1. The Morgan fingerprint density at radius 2 is 1.59 bits per heavy atom. The summed E-state index contributed by atoms with van der Waals surface area (Å²) in [5.74, 6) is -0.233. The lowest BCUT2D eigenvalue weighted by Gasteiger charge is -2.22. The van der Waals surface area contributed by atoms with Crippen LogP contribution in [0.4, 0.5) is 0 Å². The molecule has 0 spiro atoms. The molecule has 27 heavy (non-hydrogen) atoms. The molecule has 2 N–H and O–H groups in total. The molecule has 0 aromatic heterocycles. The van der Waals surface area contributed by atoms with Crippen molar-refractivity contribution < 1.29 is 14.3 Å². The maximum absolute atomic E-state index is 12.6. The van der Waals surface area contributed by atoms with Crippen LogP contribution in [0.15, 0.2) is 60.7 Å². The Morgan fingerprint density at radius 3 is 2.11 bits per heavy atom. The van der Waals surface area contributed by atoms with Crippen LogP contribution in [-0.2, 0) is 14.3 Å².